The molecule has 1 N–H and O–H groups in total. The summed E-state index contributed by atoms with van der Waals surface area (Å²) in [7, 11) is 3.45. The van der Waals surface area contributed by atoms with Gasteiger partial charge in [-0.25, -0.2) is 4.98 Å². The number of fused-ring (bicyclic) bond motifs is 1. The number of likely N-dealkylation sites (N-methyl/N-ethyl adjacent to an activating group) is 1. The van der Waals surface area contributed by atoms with Crippen molar-refractivity contribution < 1.29 is 23.5 Å². The molecule has 9 nitrogen and oxygen atoms in total. The normalized spacial score (nSPS) is 22.3. The van der Waals surface area contributed by atoms with Crippen molar-refractivity contribution in [3.8, 4) is 5.75 Å². The minimum absolute atomic E-state index is 0.0232. The van der Waals surface area contributed by atoms with Crippen LogP contribution < -0.4 is 10.1 Å². The molecule has 0 unspecified atom stereocenters. The number of oxazole rings is 1. The molecule has 0 radical (unpaired) electrons. The van der Waals surface area contributed by atoms with Crippen molar-refractivity contribution in [2.75, 3.05) is 39.2 Å². The summed E-state index contributed by atoms with van der Waals surface area (Å²) < 4.78 is 17.1. The maximum atomic E-state index is 13.3. The van der Waals surface area contributed by atoms with E-state index in [1.165, 1.54) is 6.39 Å². The lowest BCUT2D eigenvalue weighted by Crippen LogP contribution is -2.46. The van der Waals surface area contributed by atoms with Crippen LogP contribution in [0.2, 0.25) is 0 Å². The van der Waals surface area contributed by atoms with Crippen LogP contribution in [0.1, 0.15) is 49.7 Å². The van der Waals surface area contributed by atoms with Crippen molar-refractivity contribution in [3.63, 3.8) is 0 Å². The summed E-state index contributed by atoms with van der Waals surface area (Å²) in [5, 5.41) is 2.88. The molecule has 2 heterocycles. The topological polar surface area (TPSA) is 97.1 Å². The average Bonchev–Trinajstić information content (AvgIpc) is 3.32. The first-order valence-electron chi connectivity index (χ1n) is 11.8. The largest absolute Gasteiger partial charge is 0.491 e. The predicted octanol–water partition coefficient (Wildman–Crippen LogP) is 3.42. The zero-order chi connectivity index (χ0) is 24.7. The van der Waals surface area contributed by atoms with Gasteiger partial charge in [-0.05, 0) is 31.4 Å². The SMILES string of the molecule is CCCC(=O)Nc1ccc2c(c1)OC[C@@H](C)N(Cc1cocn1)C[C@@H](C)[C@H](OC)CN(C)C2=O. The first-order valence-corrected chi connectivity index (χ1v) is 11.8. The third kappa shape index (κ3) is 6.57. The number of methoxy groups -OCH3 is 1. The van der Waals surface area contributed by atoms with Crippen LogP contribution in [0.3, 0.4) is 0 Å². The zero-order valence-electron chi connectivity index (χ0n) is 20.7. The summed E-state index contributed by atoms with van der Waals surface area (Å²) in [6.07, 6.45) is 4.13. The molecule has 0 bridgehead atoms. The fraction of sp³-hybridized carbons (Fsp3) is 0.560. The van der Waals surface area contributed by atoms with E-state index in [0.717, 1.165) is 18.7 Å². The minimum Gasteiger partial charge on any atom is -0.491 e. The van der Waals surface area contributed by atoms with E-state index in [2.05, 4.69) is 29.0 Å². The Morgan fingerprint density at radius 3 is 2.76 bits per heavy atom. The molecule has 0 spiro atoms. The monoisotopic (exact) mass is 472 g/mol. The lowest BCUT2D eigenvalue weighted by Gasteiger charge is -2.35. The summed E-state index contributed by atoms with van der Waals surface area (Å²) >= 11 is 0. The molecule has 1 aliphatic heterocycles. The minimum atomic E-state index is -0.150. The van der Waals surface area contributed by atoms with E-state index in [4.69, 9.17) is 13.9 Å². The second kappa shape index (κ2) is 12.0. The maximum Gasteiger partial charge on any atom is 0.257 e. The van der Waals surface area contributed by atoms with Crippen molar-refractivity contribution in [2.45, 2.75) is 52.3 Å². The molecule has 0 fully saturated rings. The van der Waals surface area contributed by atoms with Crippen molar-refractivity contribution in [1.82, 2.24) is 14.8 Å². The Labute approximate surface area is 201 Å². The lowest BCUT2D eigenvalue weighted by atomic mass is 10.0. The Hall–Kier alpha value is -2.91. The lowest BCUT2D eigenvalue weighted by molar-refractivity contribution is -0.116. The quantitative estimate of drug-likeness (QED) is 0.688. The Morgan fingerprint density at radius 2 is 2.09 bits per heavy atom. The number of amides is 2. The smallest absolute Gasteiger partial charge is 0.257 e. The van der Waals surface area contributed by atoms with Crippen LogP contribution in [0.5, 0.6) is 5.75 Å². The molecule has 0 aliphatic carbocycles. The number of hydrogen-bond acceptors (Lipinski definition) is 7. The summed E-state index contributed by atoms with van der Waals surface area (Å²) in [5.74, 6) is 0.387. The standard InChI is InChI=1S/C25H36N4O5/c1-6-7-24(30)27-19-8-9-21-22(10-19)34-14-18(3)29(12-20-15-33-16-26-20)11-17(2)23(32-5)13-28(4)25(21)31/h8-10,15-18,23H,6-7,11-14H2,1-5H3,(H,27,30)/t17-,18-,23-/m1/s1. The van der Waals surface area contributed by atoms with Crippen LogP contribution in [0, 0.1) is 5.92 Å². The highest BCUT2D eigenvalue weighted by molar-refractivity contribution is 5.98. The molecule has 3 rings (SSSR count). The molecule has 0 saturated carbocycles. The fourth-order valence-corrected chi connectivity index (χ4v) is 4.12. The molecule has 1 aliphatic rings. The summed E-state index contributed by atoms with van der Waals surface area (Å²) in [5.41, 5.74) is 1.90. The van der Waals surface area contributed by atoms with Crippen molar-refractivity contribution in [3.05, 3.63) is 42.1 Å². The first-order chi connectivity index (χ1) is 16.3. The zero-order valence-corrected chi connectivity index (χ0v) is 20.7. The Balaban J connectivity index is 1.92. The Kier molecular flexibility index (Phi) is 9.06. The summed E-state index contributed by atoms with van der Waals surface area (Å²) in [4.78, 5) is 33.6. The van der Waals surface area contributed by atoms with E-state index in [1.54, 1.807) is 43.5 Å². The van der Waals surface area contributed by atoms with Gasteiger partial charge in [-0.2, -0.15) is 0 Å². The number of rotatable bonds is 6. The van der Waals surface area contributed by atoms with E-state index >= 15 is 0 Å². The number of anilines is 1. The number of nitrogens with zero attached hydrogens (tertiary/aromatic N) is 3. The van der Waals surface area contributed by atoms with Crippen molar-refractivity contribution >= 4 is 17.5 Å². The molecule has 1 aromatic carbocycles. The van der Waals surface area contributed by atoms with E-state index in [0.29, 0.717) is 43.1 Å². The molecule has 0 saturated heterocycles. The maximum absolute atomic E-state index is 13.3. The molecule has 1 aromatic heterocycles. The van der Waals surface area contributed by atoms with E-state index < -0.39 is 0 Å². The van der Waals surface area contributed by atoms with E-state index in [9.17, 15) is 9.59 Å². The molecule has 9 heteroatoms. The molecule has 3 atom stereocenters. The van der Waals surface area contributed by atoms with Gasteiger partial charge in [0, 0.05) is 58.0 Å². The Morgan fingerprint density at radius 1 is 1.29 bits per heavy atom. The molecule has 2 aromatic rings. The van der Waals surface area contributed by atoms with Crippen LogP contribution >= 0.6 is 0 Å². The third-order valence-corrected chi connectivity index (χ3v) is 6.19. The summed E-state index contributed by atoms with van der Waals surface area (Å²) in [6, 6.07) is 5.20. The molecular weight excluding hydrogens is 436 g/mol. The number of carbonyl (C=O) groups is 2. The van der Waals surface area contributed by atoms with Gasteiger partial charge in [0.05, 0.1) is 17.4 Å². The van der Waals surface area contributed by atoms with Gasteiger partial charge in [0.25, 0.3) is 5.91 Å². The van der Waals surface area contributed by atoms with Crippen LogP contribution in [-0.2, 0) is 16.1 Å². The second-order valence-electron chi connectivity index (χ2n) is 9.02. The van der Waals surface area contributed by atoms with Gasteiger partial charge in [0.2, 0.25) is 5.91 Å². The highest BCUT2D eigenvalue weighted by Gasteiger charge is 2.28. The van der Waals surface area contributed by atoms with Gasteiger partial charge in [-0.3, -0.25) is 14.5 Å². The number of ether oxygens (including phenoxy) is 2. The summed E-state index contributed by atoms with van der Waals surface area (Å²) in [6.45, 7) is 8.31. The van der Waals surface area contributed by atoms with Crippen LogP contribution in [0.4, 0.5) is 5.69 Å². The van der Waals surface area contributed by atoms with Gasteiger partial charge in [-0.15, -0.1) is 0 Å². The highest BCUT2D eigenvalue weighted by atomic mass is 16.5. The van der Waals surface area contributed by atoms with Gasteiger partial charge in [0.1, 0.15) is 18.6 Å². The predicted molar refractivity (Wildman–Crippen MR) is 129 cm³/mol. The van der Waals surface area contributed by atoms with Crippen LogP contribution in [0.25, 0.3) is 0 Å². The molecule has 186 valence electrons. The average molecular weight is 473 g/mol. The number of aromatic nitrogens is 1. The van der Waals surface area contributed by atoms with Gasteiger partial charge < -0.3 is 24.1 Å². The second-order valence-corrected chi connectivity index (χ2v) is 9.02. The first kappa shape index (κ1) is 25.7. The third-order valence-electron chi connectivity index (χ3n) is 6.19. The van der Waals surface area contributed by atoms with Gasteiger partial charge in [-0.1, -0.05) is 13.8 Å². The van der Waals surface area contributed by atoms with E-state index in [-0.39, 0.29) is 29.9 Å². The van der Waals surface area contributed by atoms with Gasteiger partial charge in [0.15, 0.2) is 6.39 Å². The number of nitrogens with one attached hydrogen (secondary N) is 1. The molecule has 2 amide bonds. The fourth-order valence-electron chi connectivity index (χ4n) is 4.12. The van der Waals surface area contributed by atoms with Gasteiger partial charge >= 0.3 is 0 Å². The highest BCUT2D eigenvalue weighted by Crippen LogP contribution is 2.27. The van der Waals surface area contributed by atoms with E-state index in [1.807, 2.05) is 6.92 Å². The van der Waals surface area contributed by atoms with Crippen molar-refractivity contribution in [1.29, 1.82) is 0 Å². The number of hydrogen-bond donors (Lipinski definition) is 1. The van der Waals surface area contributed by atoms with Crippen LogP contribution in [-0.4, -0.2) is 72.6 Å². The number of carbonyl (C=O) groups excluding carboxylic acids is 2. The number of benzene rings is 1. The molecule has 34 heavy (non-hydrogen) atoms. The molecular formula is C25H36N4O5. The van der Waals surface area contributed by atoms with Crippen molar-refractivity contribution in [2.24, 2.45) is 5.92 Å². The Bertz CT molecular complexity index is 949. The van der Waals surface area contributed by atoms with Crippen LogP contribution in [0.15, 0.2) is 35.3 Å².